The molecule has 54 heavy (non-hydrogen) atoms. The number of rotatable bonds is 15. The zero-order chi connectivity index (χ0) is 38.3. The van der Waals surface area contributed by atoms with E-state index in [9.17, 15) is 28.7 Å². The molecule has 5 atom stereocenters. The Morgan fingerprint density at radius 3 is 2.54 bits per heavy atom. The van der Waals surface area contributed by atoms with Crippen LogP contribution in [0.5, 0.6) is 17.2 Å². The molecule has 0 unspecified atom stereocenters. The number of sulfonamides is 1. The van der Waals surface area contributed by atoms with Gasteiger partial charge in [0.05, 0.1) is 36.3 Å². The summed E-state index contributed by atoms with van der Waals surface area (Å²) in [6, 6.07) is 20.4. The van der Waals surface area contributed by atoms with Gasteiger partial charge in [-0.1, -0.05) is 62.4 Å². The highest BCUT2D eigenvalue weighted by Gasteiger charge is 2.47. The molecule has 6 rings (SSSR count). The maximum atomic E-state index is 14.6. The number of aliphatic hydroxyl groups excluding tert-OH is 1. The van der Waals surface area contributed by atoms with Crippen molar-refractivity contribution in [3.63, 3.8) is 0 Å². The Labute approximate surface area is 314 Å². The Balaban J connectivity index is 1.29. The maximum absolute atomic E-state index is 14.6. The highest BCUT2D eigenvalue weighted by molar-refractivity contribution is 7.89. The number of amides is 1. The summed E-state index contributed by atoms with van der Waals surface area (Å²) in [5.74, 6) is 0.871. The third-order valence-electron chi connectivity index (χ3n) is 9.81. The molecular weight excluding hydrogens is 719 g/mol. The van der Waals surface area contributed by atoms with Gasteiger partial charge in [0.1, 0.15) is 11.8 Å². The second kappa shape index (κ2) is 17.0. The first-order chi connectivity index (χ1) is 25.9. The van der Waals surface area contributed by atoms with Crippen LogP contribution in [0.3, 0.4) is 0 Å². The maximum Gasteiger partial charge on any atom is 0.303 e. The number of para-hydroxylation sites is 1. The molecule has 0 bridgehead atoms. The Morgan fingerprint density at radius 2 is 1.81 bits per heavy atom. The van der Waals surface area contributed by atoms with Gasteiger partial charge in [-0.25, -0.2) is 18.7 Å². The molecule has 3 aliphatic rings. The van der Waals surface area contributed by atoms with E-state index in [0.717, 1.165) is 10.5 Å². The van der Waals surface area contributed by atoms with Gasteiger partial charge in [0.15, 0.2) is 24.0 Å². The molecule has 0 spiro atoms. The third-order valence-corrected chi connectivity index (χ3v) is 11.6. The Morgan fingerprint density at radius 1 is 1.09 bits per heavy atom. The van der Waals surface area contributed by atoms with Gasteiger partial charge in [0.25, 0.3) is 0 Å². The average molecular weight is 763 g/mol. The van der Waals surface area contributed by atoms with Gasteiger partial charge in [-0.05, 0) is 54.5 Å². The summed E-state index contributed by atoms with van der Waals surface area (Å²) < 4.78 is 58.3. The van der Waals surface area contributed by atoms with Crippen molar-refractivity contribution in [1.29, 1.82) is 5.26 Å². The first-order valence-electron chi connectivity index (χ1n) is 17.7. The number of nitriles is 1. The quantitative estimate of drug-likeness (QED) is 0.0997. The normalized spacial score (nSPS) is 20.6. The van der Waals surface area contributed by atoms with Gasteiger partial charge >= 0.3 is 6.02 Å². The SMILES string of the molecule is CC(C)(CCN=C(NC#N)Oc1ccccc1)CN(C[C@@H](O)[C@H](Cc1ccccc1)N(C(=O)[O-])[C@H]1CO[C@H]2OCC[C@H]21)S(=O)(=O)c1ccc2c(c1)OCO2. The summed E-state index contributed by atoms with van der Waals surface area (Å²) in [6.07, 6.45) is -0.774. The number of hydrogen-bond donors (Lipinski definition) is 2. The Hall–Kier alpha value is -4.92. The summed E-state index contributed by atoms with van der Waals surface area (Å²) in [6.45, 7) is 3.73. The van der Waals surface area contributed by atoms with Gasteiger partial charge < -0.3 is 43.6 Å². The van der Waals surface area contributed by atoms with E-state index < -0.39 is 52.6 Å². The smallest absolute Gasteiger partial charge is 0.303 e. The summed E-state index contributed by atoms with van der Waals surface area (Å²) in [5.41, 5.74) is -0.0119. The molecule has 2 fully saturated rings. The first kappa shape index (κ1) is 38.8. The van der Waals surface area contributed by atoms with Crippen LogP contribution in [0.15, 0.2) is 88.8 Å². The van der Waals surface area contributed by atoms with Gasteiger partial charge in [-0.3, -0.25) is 0 Å². The lowest BCUT2D eigenvalue weighted by Crippen LogP contribution is -2.61. The standard InChI is InChI=1S/C38H45N5O10S/c1-38(2,16-17-40-36(41-24-39)53-27-11-7-4-8-12-27)23-42(54(47,48)28-13-14-33-34(20-28)52-25-51-33)21-32(44)30(19-26-9-5-3-6-10-26)43(37(45)46)31-22-50-35-29(31)15-18-49-35/h3-14,20,29-32,35,44H,15-19,21-23,25H2,1-2H3,(H,40,41)(H,45,46)/p-1/t29-,30-,31-,32+,35+/m0/s1. The lowest BCUT2D eigenvalue weighted by Gasteiger charge is -2.43. The molecule has 3 aromatic carbocycles. The number of carboxylic acid groups (broad SMARTS) is 1. The minimum atomic E-state index is -4.33. The number of aliphatic imine (C=N–C) groups is 1. The van der Waals surface area contributed by atoms with Crippen LogP contribution in [-0.4, -0.2) is 99.0 Å². The number of carbonyl (C=O) groups excluding carboxylic acids is 1. The van der Waals surface area contributed by atoms with Crippen LogP contribution in [0.1, 0.15) is 32.3 Å². The van der Waals surface area contributed by atoms with E-state index >= 15 is 0 Å². The van der Waals surface area contributed by atoms with Crippen LogP contribution >= 0.6 is 0 Å². The van der Waals surface area contributed by atoms with Crippen LogP contribution in [0, 0.1) is 22.8 Å². The van der Waals surface area contributed by atoms with E-state index in [-0.39, 0.29) is 55.5 Å². The number of fused-ring (bicyclic) bond motifs is 2. The van der Waals surface area contributed by atoms with Crippen molar-refractivity contribution in [2.24, 2.45) is 16.3 Å². The zero-order valence-electron chi connectivity index (χ0n) is 30.1. The van der Waals surface area contributed by atoms with E-state index in [1.165, 1.54) is 22.5 Å². The van der Waals surface area contributed by atoms with E-state index in [4.69, 9.17) is 23.7 Å². The topological polar surface area (TPSA) is 195 Å². The second-order valence-electron chi connectivity index (χ2n) is 14.2. The predicted octanol–water partition coefficient (Wildman–Crippen LogP) is 2.71. The van der Waals surface area contributed by atoms with E-state index in [0.29, 0.717) is 30.9 Å². The molecule has 15 nitrogen and oxygen atoms in total. The van der Waals surface area contributed by atoms with Crippen molar-refractivity contribution in [3.05, 3.63) is 84.4 Å². The van der Waals surface area contributed by atoms with Crippen molar-refractivity contribution < 1.29 is 47.1 Å². The molecule has 288 valence electrons. The van der Waals surface area contributed by atoms with Crippen molar-refractivity contribution in [2.45, 2.75) is 62.5 Å². The number of aliphatic hydroxyl groups is 1. The number of carbonyl (C=O) groups is 1. The largest absolute Gasteiger partial charge is 0.530 e. The van der Waals surface area contributed by atoms with Crippen molar-refractivity contribution >= 4 is 22.1 Å². The number of amidine groups is 1. The molecule has 1 amide bonds. The summed E-state index contributed by atoms with van der Waals surface area (Å²) in [4.78, 5) is 18.4. The van der Waals surface area contributed by atoms with Gasteiger partial charge in [0.2, 0.25) is 16.8 Å². The van der Waals surface area contributed by atoms with Gasteiger partial charge in [0, 0.05) is 31.6 Å². The fraction of sp³-hybridized carbons (Fsp3) is 0.447. The fourth-order valence-corrected chi connectivity index (χ4v) is 8.71. The van der Waals surface area contributed by atoms with E-state index in [1.807, 2.05) is 56.4 Å². The molecule has 3 aromatic rings. The first-order valence-corrected chi connectivity index (χ1v) is 19.2. The molecule has 3 heterocycles. The molecule has 2 saturated heterocycles. The number of benzene rings is 3. The van der Waals surface area contributed by atoms with Crippen molar-refractivity contribution in [1.82, 2.24) is 14.5 Å². The average Bonchev–Trinajstić information content (AvgIpc) is 3.90. The molecule has 3 aliphatic heterocycles. The lowest BCUT2D eigenvalue weighted by atomic mass is 9.89. The number of hydrogen-bond acceptors (Lipinski definition) is 12. The highest BCUT2D eigenvalue weighted by atomic mass is 32.2. The van der Waals surface area contributed by atoms with Crippen LogP contribution < -0.4 is 24.6 Å². The molecule has 16 heteroatoms. The zero-order valence-corrected chi connectivity index (χ0v) is 30.9. The lowest BCUT2D eigenvalue weighted by molar-refractivity contribution is -0.273. The molecule has 2 N–H and O–H groups in total. The molecule has 0 saturated carbocycles. The summed E-state index contributed by atoms with van der Waals surface area (Å²) in [7, 11) is -4.33. The Kier molecular flexibility index (Phi) is 12.2. The van der Waals surface area contributed by atoms with Crippen LogP contribution in [-0.2, 0) is 25.9 Å². The summed E-state index contributed by atoms with van der Waals surface area (Å²) >= 11 is 0. The van der Waals surface area contributed by atoms with E-state index in [1.54, 1.807) is 24.3 Å². The molecule has 0 aliphatic carbocycles. The van der Waals surface area contributed by atoms with Crippen molar-refractivity contribution in [2.75, 3.05) is 39.6 Å². The Bertz CT molecular complexity index is 1930. The van der Waals surface area contributed by atoms with Crippen LogP contribution in [0.25, 0.3) is 0 Å². The van der Waals surface area contributed by atoms with E-state index in [2.05, 4.69) is 10.3 Å². The fourth-order valence-electron chi connectivity index (χ4n) is 7.05. The number of nitrogens with one attached hydrogen (secondary N) is 1. The predicted molar refractivity (Wildman–Crippen MR) is 193 cm³/mol. The van der Waals surface area contributed by atoms with Gasteiger partial charge in [-0.15, -0.1) is 0 Å². The minimum Gasteiger partial charge on any atom is -0.530 e. The highest BCUT2D eigenvalue weighted by Crippen LogP contribution is 2.38. The van der Waals surface area contributed by atoms with Gasteiger partial charge in [-0.2, -0.15) is 9.57 Å². The number of ether oxygens (including phenoxy) is 5. The molecule has 0 aromatic heterocycles. The minimum absolute atomic E-state index is 0.0170. The number of nitrogens with zero attached hydrogens (tertiary/aromatic N) is 4. The van der Waals surface area contributed by atoms with Crippen LogP contribution in [0.4, 0.5) is 4.79 Å². The molecular formula is C38H44N5O10S-. The monoisotopic (exact) mass is 762 g/mol. The molecule has 0 radical (unpaired) electrons. The summed E-state index contributed by atoms with van der Waals surface area (Å²) in [5, 5.41) is 36.8. The van der Waals surface area contributed by atoms with Crippen LogP contribution in [0.2, 0.25) is 0 Å². The second-order valence-corrected chi connectivity index (χ2v) is 16.1. The van der Waals surface area contributed by atoms with Crippen molar-refractivity contribution in [3.8, 4) is 23.4 Å². The third kappa shape index (κ3) is 9.23.